The highest BCUT2D eigenvalue weighted by Gasteiger charge is 2.62. The highest BCUT2D eigenvalue weighted by atomic mass is 35.5. The molecule has 3 atom stereocenters. The number of amides is 2. The molecule has 0 radical (unpaired) electrons. The number of hydrogen-bond acceptors (Lipinski definition) is 4. The molecule has 0 unspecified atom stereocenters. The number of nitrogens with one attached hydrogen (secondary N) is 2. The molecule has 6 rings (SSSR count). The van der Waals surface area contributed by atoms with Crippen LogP contribution in [0.3, 0.4) is 0 Å². The molecule has 3 aromatic rings. The molecule has 2 saturated heterocycles. The SMILES string of the molecule is O=C1C[C@@H](c2cccc(Cl)c2F)[C@]2(C(=O)Nc3cc(Cl)ccc32)[C@@H](c2cc(Cl)ccc2OC2CCOCC2)N1. The highest BCUT2D eigenvalue weighted by Crippen LogP contribution is 2.59. The average Bonchev–Trinajstić information content (AvgIpc) is 3.19. The normalized spacial score (nSPS) is 24.8. The summed E-state index contributed by atoms with van der Waals surface area (Å²) in [6, 6.07) is 13.9. The molecule has 0 aromatic heterocycles. The van der Waals surface area contributed by atoms with E-state index < -0.39 is 29.1 Å². The first-order chi connectivity index (χ1) is 18.8. The monoisotopic (exact) mass is 588 g/mol. The first-order valence-electron chi connectivity index (χ1n) is 12.7. The summed E-state index contributed by atoms with van der Waals surface area (Å²) in [5.74, 6) is -1.82. The number of piperidine rings is 1. The van der Waals surface area contributed by atoms with Gasteiger partial charge in [-0.05, 0) is 47.5 Å². The predicted molar refractivity (Wildman–Crippen MR) is 147 cm³/mol. The largest absolute Gasteiger partial charge is 0.490 e. The van der Waals surface area contributed by atoms with E-state index >= 15 is 4.39 Å². The van der Waals surface area contributed by atoms with E-state index in [0.717, 1.165) is 0 Å². The molecule has 202 valence electrons. The number of anilines is 1. The van der Waals surface area contributed by atoms with Gasteiger partial charge in [-0.25, -0.2) is 4.39 Å². The zero-order valence-corrected chi connectivity index (χ0v) is 22.9. The number of fused-ring (bicyclic) bond motifs is 2. The Morgan fingerprint density at radius 3 is 2.49 bits per heavy atom. The third-order valence-electron chi connectivity index (χ3n) is 7.85. The Hall–Kier alpha value is -2.84. The molecule has 3 aliphatic heterocycles. The molecule has 1 spiro atoms. The summed E-state index contributed by atoms with van der Waals surface area (Å²) < 4.78 is 27.5. The number of hydrogen-bond donors (Lipinski definition) is 2. The molecule has 2 amide bonds. The highest BCUT2D eigenvalue weighted by molar-refractivity contribution is 6.31. The quantitative estimate of drug-likeness (QED) is 0.361. The van der Waals surface area contributed by atoms with Gasteiger partial charge >= 0.3 is 0 Å². The van der Waals surface area contributed by atoms with Crippen molar-refractivity contribution < 1.29 is 23.5 Å². The molecule has 3 aromatic carbocycles. The summed E-state index contributed by atoms with van der Waals surface area (Å²) in [7, 11) is 0. The summed E-state index contributed by atoms with van der Waals surface area (Å²) >= 11 is 19.0. The Morgan fingerprint density at radius 1 is 0.949 bits per heavy atom. The molecular weight excluding hydrogens is 566 g/mol. The van der Waals surface area contributed by atoms with Crippen molar-refractivity contribution in [1.82, 2.24) is 5.32 Å². The molecule has 6 nitrogen and oxygen atoms in total. The van der Waals surface area contributed by atoms with Gasteiger partial charge in [0, 0.05) is 46.5 Å². The van der Waals surface area contributed by atoms with E-state index in [1.807, 2.05) is 0 Å². The Labute approximate surface area is 239 Å². The predicted octanol–water partition coefficient (Wildman–Crippen LogP) is 6.58. The van der Waals surface area contributed by atoms with Gasteiger partial charge in [-0.2, -0.15) is 0 Å². The maximum Gasteiger partial charge on any atom is 0.238 e. The van der Waals surface area contributed by atoms with Gasteiger partial charge in [0.05, 0.1) is 24.3 Å². The number of halogens is 4. The molecular formula is C29H24Cl3FN2O4. The van der Waals surface area contributed by atoms with E-state index in [1.54, 1.807) is 48.5 Å². The minimum absolute atomic E-state index is 0.0915. The summed E-state index contributed by atoms with van der Waals surface area (Å²) in [4.78, 5) is 27.5. The lowest BCUT2D eigenvalue weighted by atomic mass is 9.59. The summed E-state index contributed by atoms with van der Waals surface area (Å²) in [6.45, 7) is 1.15. The number of benzene rings is 3. The van der Waals surface area contributed by atoms with Crippen molar-refractivity contribution in [2.24, 2.45) is 0 Å². The van der Waals surface area contributed by atoms with Crippen LogP contribution in [0.4, 0.5) is 10.1 Å². The van der Waals surface area contributed by atoms with E-state index in [2.05, 4.69) is 10.6 Å². The lowest BCUT2D eigenvalue weighted by Crippen LogP contribution is -2.57. The van der Waals surface area contributed by atoms with Gasteiger partial charge in [0.2, 0.25) is 11.8 Å². The second-order valence-electron chi connectivity index (χ2n) is 10.0. The standard InChI is InChI=1S/C29H24Cl3FN2O4/c30-15-5-7-24(39-17-8-10-38-11-9-17)19(12-15)27-29(20-6-4-16(31)13-23(20)34-28(29)37)21(14-25(36)35-27)18-2-1-3-22(32)26(18)33/h1-7,12-13,17,21,27H,8-11,14H2,(H,34,37)(H,35,36)/t21-,27+,29-/m0/s1. The van der Waals surface area contributed by atoms with E-state index in [9.17, 15) is 9.59 Å². The van der Waals surface area contributed by atoms with Crippen LogP contribution in [0.5, 0.6) is 5.75 Å². The van der Waals surface area contributed by atoms with Gasteiger partial charge in [-0.15, -0.1) is 0 Å². The fourth-order valence-electron chi connectivity index (χ4n) is 6.14. The molecule has 3 aliphatic rings. The minimum Gasteiger partial charge on any atom is -0.490 e. The van der Waals surface area contributed by atoms with Crippen LogP contribution in [0.15, 0.2) is 54.6 Å². The molecule has 0 aliphatic carbocycles. The summed E-state index contributed by atoms with van der Waals surface area (Å²) in [5.41, 5.74) is 0.317. The van der Waals surface area contributed by atoms with Crippen LogP contribution >= 0.6 is 34.8 Å². The third-order valence-corrected chi connectivity index (χ3v) is 8.61. The average molecular weight is 590 g/mol. The Morgan fingerprint density at radius 2 is 1.69 bits per heavy atom. The zero-order chi connectivity index (χ0) is 27.3. The fraction of sp³-hybridized carbons (Fsp3) is 0.310. The molecule has 2 fully saturated rings. The maximum atomic E-state index is 15.6. The van der Waals surface area contributed by atoms with Crippen LogP contribution in [0.2, 0.25) is 15.1 Å². The smallest absolute Gasteiger partial charge is 0.238 e. The molecule has 2 N–H and O–H groups in total. The topological polar surface area (TPSA) is 76.7 Å². The van der Waals surface area contributed by atoms with Crippen LogP contribution in [0.1, 0.15) is 47.9 Å². The summed E-state index contributed by atoms with van der Waals surface area (Å²) in [6.07, 6.45) is 1.14. The Bertz CT molecular complexity index is 1480. The second-order valence-corrected chi connectivity index (χ2v) is 11.3. The second kappa shape index (κ2) is 10.3. The number of carbonyl (C=O) groups is 2. The van der Waals surface area contributed by atoms with Gasteiger partial charge in [0.15, 0.2) is 0 Å². The van der Waals surface area contributed by atoms with Crippen LogP contribution in [-0.2, 0) is 19.7 Å². The van der Waals surface area contributed by atoms with Crippen molar-refractivity contribution >= 4 is 52.3 Å². The molecule has 39 heavy (non-hydrogen) atoms. The van der Waals surface area contributed by atoms with Gasteiger partial charge < -0.3 is 20.1 Å². The van der Waals surface area contributed by atoms with Crippen LogP contribution in [0.25, 0.3) is 0 Å². The fourth-order valence-corrected chi connectivity index (χ4v) is 6.67. The summed E-state index contributed by atoms with van der Waals surface area (Å²) in [5, 5.41) is 6.72. The van der Waals surface area contributed by atoms with Crippen molar-refractivity contribution in [1.29, 1.82) is 0 Å². The van der Waals surface area contributed by atoms with Crippen LogP contribution in [-0.4, -0.2) is 31.1 Å². The lowest BCUT2D eigenvalue weighted by molar-refractivity contribution is -0.131. The van der Waals surface area contributed by atoms with Crippen molar-refractivity contribution in [2.75, 3.05) is 18.5 Å². The van der Waals surface area contributed by atoms with Crippen LogP contribution in [0, 0.1) is 5.82 Å². The number of carbonyl (C=O) groups excluding carboxylic acids is 2. The van der Waals surface area contributed by atoms with Gasteiger partial charge in [-0.1, -0.05) is 53.0 Å². The lowest BCUT2D eigenvalue weighted by Gasteiger charge is -2.46. The molecule has 0 saturated carbocycles. The van der Waals surface area contributed by atoms with Crippen molar-refractivity contribution in [2.45, 2.75) is 42.7 Å². The molecule has 0 bridgehead atoms. The van der Waals surface area contributed by atoms with Gasteiger partial charge in [-0.3, -0.25) is 9.59 Å². The van der Waals surface area contributed by atoms with Gasteiger partial charge in [0.25, 0.3) is 0 Å². The van der Waals surface area contributed by atoms with Crippen molar-refractivity contribution in [3.8, 4) is 5.75 Å². The van der Waals surface area contributed by atoms with E-state index in [1.165, 1.54) is 6.07 Å². The van der Waals surface area contributed by atoms with Crippen molar-refractivity contribution in [3.63, 3.8) is 0 Å². The first-order valence-corrected chi connectivity index (χ1v) is 13.8. The Balaban J connectivity index is 1.59. The zero-order valence-electron chi connectivity index (χ0n) is 20.6. The van der Waals surface area contributed by atoms with E-state index in [4.69, 9.17) is 44.3 Å². The third kappa shape index (κ3) is 4.45. The van der Waals surface area contributed by atoms with Crippen LogP contribution < -0.4 is 15.4 Å². The first kappa shape index (κ1) is 26.4. The minimum atomic E-state index is -1.46. The Kier molecular flexibility index (Phi) is 6.96. The number of ether oxygens (including phenoxy) is 2. The van der Waals surface area contributed by atoms with E-state index in [-0.39, 0.29) is 29.0 Å². The molecule has 3 heterocycles. The molecule has 10 heteroatoms. The van der Waals surface area contributed by atoms with Crippen molar-refractivity contribution in [3.05, 3.63) is 92.2 Å². The number of rotatable bonds is 4. The van der Waals surface area contributed by atoms with E-state index in [0.29, 0.717) is 58.7 Å². The maximum absolute atomic E-state index is 15.6. The van der Waals surface area contributed by atoms with Gasteiger partial charge in [0.1, 0.15) is 23.1 Å².